The van der Waals surface area contributed by atoms with E-state index in [9.17, 15) is 0 Å². The molecule has 1 unspecified atom stereocenters. The molecular formula is C22H22ClN5S. The minimum atomic E-state index is -0.194. The maximum atomic E-state index is 6.67. The van der Waals surface area contributed by atoms with Crippen molar-refractivity contribution in [3.8, 4) is 0 Å². The van der Waals surface area contributed by atoms with Gasteiger partial charge in [0, 0.05) is 10.9 Å². The third-order valence-corrected chi connectivity index (χ3v) is 5.60. The Morgan fingerprint density at radius 2 is 1.69 bits per heavy atom. The standard InChI is InChI=1S/C22H22ClN5S/c1-15(2)29-22-26-20(25-17-11-7-4-8-12-17)18-13-24-28(21(18)27-22)14-19(23)16-9-5-3-6-10-16/h3-13,15,19H,14H2,1-2H3,(H,25,26,27). The fourth-order valence-electron chi connectivity index (χ4n) is 3.01. The van der Waals surface area contributed by atoms with Crippen LogP contribution in [0.15, 0.2) is 72.0 Å². The lowest BCUT2D eigenvalue weighted by Crippen LogP contribution is -2.08. The number of nitrogens with zero attached hydrogens (tertiary/aromatic N) is 4. The van der Waals surface area contributed by atoms with Gasteiger partial charge in [0.05, 0.1) is 23.5 Å². The number of anilines is 2. The summed E-state index contributed by atoms with van der Waals surface area (Å²) < 4.78 is 1.86. The maximum absolute atomic E-state index is 6.67. The molecule has 2 aromatic heterocycles. The van der Waals surface area contributed by atoms with E-state index in [0.29, 0.717) is 11.8 Å². The number of alkyl halides is 1. The highest BCUT2D eigenvalue weighted by molar-refractivity contribution is 7.99. The molecule has 5 nitrogen and oxygen atoms in total. The van der Waals surface area contributed by atoms with Crippen LogP contribution >= 0.6 is 23.4 Å². The Balaban J connectivity index is 1.72. The van der Waals surface area contributed by atoms with Crippen molar-refractivity contribution in [2.45, 2.75) is 36.2 Å². The molecule has 0 bridgehead atoms. The molecule has 0 saturated heterocycles. The second kappa shape index (κ2) is 8.84. The molecule has 0 saturated carbocycles. The molecule has 29 heavy (non-hydrogen) atoms. The Morgan fingerprint density at radius 1 is 1.00 bits per heavy atom. The first-order chi connectivity index (χ1) is 14.1. The lowest BCUT2D eigenvalue weighted by molar-refractivity contribution is 0.613. The molecule has 0 aliphatic rings. The fraction of sp³-hybridized carbons (Fsp3) is 0.227. The quantitative estimate of drug-likeness (QED) is 0.223. The number of rotatable bonds is 7. The van der Waals surface area contributed by atoms with E-state index < -0.39 is 0 Å². The van der Waals surface area contributed by atoms with Crippen LogP contribution in [0.5, 0.6) is 0 Å². The van der Waals surface area contributed by atoms with Gasteiger partial charge < -0.3 is 5.32 Å². The predicted octanol–water partition coefficient (Wildman–Crippen LogP) is 6.05. The zero-order valence-electron chi connectivity index (χ0n) is 16.3. The van der Waals surface area contributed by atoms with Gasteiger partial charge in [0.25, 0.3) is 0 Å². The lowest BCUT2D eigenvalue weighted by atomic mass is 10.1. The summed E-state index contributed by atoms with van der Waals surface area (Å²) in [5, 5.41) is 9.75. The van der Waals surface area contributed by atoms with Crippen molar-refractivity contribution in [1.82, 2.24) is 19.7 Å². The Hall–Kier alpha value is -2.57. The Morgan fingerprint density at radius 3 is 2.38 bits per heavy atom. The fourth-order valence-corrected chi connectivity index (χ4v) is 3.99. The van der Waals surface area contributed by atoms with Crippen LogP contribution in [0.1, 0.15) is 24.8 Å². The van der Waals surface area contributed by atoms with Crippen LogP contribution in [0, 0.1) is 0 Å². The molecule has 0 spiro atoms. The summed E-state index contributed by atoms with van der Waals surface area (Å²) in [5.41, 5.74) is 2.81. The van der Waals surface area contributed by atoms with Crippen molar-refractivity contribution >= 4 is 45.9 Å². The summed E-state index contributed by atoms with van der Waals surface area (Å²) in [6.07, 6.45) is 1.80. The van der Waals surface area contributed by atoms with E-state index >= 15 is 0 Å². The van der Waals surface area contributed by atoms with Crippen molar-refractivity contribution in [2.75, 3.05) is 5.32 Å². The molecular weight excluding hydrogens is 402 g/mol. The Kier molecular flexibility index (Phi) is 6.02. The van der Waals surface area contributed by atoms with Crippen LogP contribution in [-0.2, 0) is 6.54 Å². The second-order valence-corrected chi connectivity index (χ2v) is 9.03. The molecule has 4 rings (SSSR count). The molecule has 0 aliphatic heterocycles. The third-order valence-electron chi connectivity index (χ3n) is 4.35. The van der Waals surface area contributed by atoms with Gasteiger partial charge in [-0.3, -0.25) is 0 Å². The van der Waals surface area contributed by atoms with Gasteiger partial charge in [0.2, 0.25) is 0 Å². The summed E-state index contributed by atoms with van der Waals surface area (Å²) in [5.74, 6) is 0.751. The molecule has 148 valence electrons. The number of thioether (sulfide) groups is 1. The highest BCUT2D eigenvalue weighted by Crippen LogP contribution is 2.30. The minimum absolute atomic E-state index is 0.194. The van der Waals surface area contributed by atoms with E-state index in [1.54, 1.807) is 18.0 Å². The Bertz CT molecular complexity index is 1080. The molecule has 0 radical (unpaired) electrons. The van der Waals surface area contributed by atoms with E-state index in [1.165, 1.54) is 0 Å². The van der Waals surface area contributed by atoms with Gasteiger partial charge in [-0.25, -0.2) is 14.6 Å². The van der Waals surface area contributed by atoms with Gasteiger partial charge in [-0.15, -0.1) is 11.6 Å². The SMILES string of the molecule is CC(C)Sc1nc(Nc2ccccc2)c2cnn(CC(Cl)c3ccccc3)c2n1. The first kappa shape index (κ1) is 19.7. The van der Waals surface area contributed by atoms with Gasteiger partial charge in [-0.05, 0) is 17.7 Å². The number of halogens is 1. The van der Waals surface area contributed by atoms with Crippen LogP contribution in [0.25, 0.3) is 11.0 Å². The van der Waals surface area contributed by atoms with Crippen LogP contribution < -0.4 is 5.32 Å². The zero-order valence-corrected chi connectivity index (χ0v) is 17.9. The smallest absolute Gasteiger partial charge is 0.191 e. The van der Waals surface area contributed by atoms with Gasteiger partial charge in [-0.2, -0.15) is 5.10 Å². The highest BCUT2D eigenvalue weighted by Gasteiger charge is 2.17. The van der Waals surface area contributed by atoms with Gasteiger partial charge in [0.1, 0.15) is 5.82 Å². The first-order valence-electron chi connectivity index (χ1n) is 9.51. The van der Waals surface area contributed by atoms with Crippen molar-refractivity contribution in [1.29, 1.82) is 0 Å². The van der Waals surface area contributed by atoms with E-state index in [2.05, 4.69) is 24.3 Å². The summed E-state index contributed by atoms with van der Waals surface area (Å²) in [4.78, 5) is 9.52. The molecule has 1 N–H and O–H groups in total. The third kappa shape index (κ3) is 4.71. The van der Waals surface area contributed by atoms with Crippen molar-refractivity contribution in [2.24, 2.45) is 0 Å². The van der Waals surface area contributed by atoms with Crippen molar-refractivity contribution in [3.63, 3.8) is 0 Å². The molecule has 1 atom stereocenters. The van der Waals surface area contributed by atoms with E-state index in [-0.39, 0.29) is 5.38 Å². The van der Waals surface area contributed by atoms with Crippen LogP contribution in [0.2, 0.25) is 0 Å². The maximum Gasteiger partial charge on any atom is 0.191 e. The number of hydrogen-bond donors (Lipinski definition) is 1. The molecule has 2 aromatic carbocycles. The predicted molar refractivity (Wildman–Crippen MR) is 121 cm³/mol. The molecule has 0 fully saturated rings. The van der Waals surface area contributed by atoms with Gasteiger partial charge in [0.15, 0.2) is 10.8 Å². The van der Waals surface area contributed by atoms with E-state index in [1.807, 2.05) is 65.3 Å². The summed E-state index contributed by atoms with van der Waals surface area (Å²) in [7, 11) is 0. The summed E-state index contributed by atoms with van der Waals surface area (Å²) >= 11 is 8.30. The largest absolute Gasteiger partial charge is 0.339 e. The molecule has 7 heteroatoms. The summed E-state index contributed by atoms with van der Waals surface area (Å²) in [6, 6.07) is 20.0. The molecule has 4 aromatic rings. The monoisotopic (exact) mass is 423 g/mol. The van der Waals surface area contributed by atoms with E-state index in [0.717, 1.165) is 33.3 Å². The highest BCUT2D eigenvalue weighted by atomic mass is 35.5. The number of hydrogen-bond acceptors (Lipinski definition) is 5. The minimum Gasteiger partial charge on any atom is -0.339 e. The zero-order chi connectivity index (χ0) is 20.2. The second-order valence-electron chi connectivity index (χ2n) is 6.95. The molecule has 0 amide bonds. The average molecular weight is 424 g/mol. The number of benzene rings is 2. The number of nitrogens with one attached hydrogen (secondary N) is 1. The van der Waals surface area contributed by atoms with Crippen molar-refractivity contribution in [3.05, 3.63) is 72.4 Å². The van der Waals surface area contributed by atoms with E-state index in [4.69, 9.17) is 21.6 Å². The van der Waals surface area contributed by atoms with Crippen LogP contribution in [0.4, 0.5) is 11.5 Å². The summed E-state index contributed by atoms with van der Waals surface area (Å²) in [6.45, 7) is 4.79. The number of aromatic nitrogens is 4. The number of fused-ring (bicyclic) bond motifs is 1. The average Bonchev–Trinajstić information content (AvgIpc) is 3.12. The molecule has 0 aliphatic carbocycles. The van der Waals surface area contributed by atoms with Crippen LogP contribution in [0.3, 0.4) is 0 Å². The van der Waals surface area contributed by atoms with Crippen LogP contribution in [-0.4, -0.2) is 25.0 Å². The topological polar surface area (TPSA) is 55.6 Å². The van der Waals surface area contributed by atoms with Gasteiger partial charge in [-0.1, -0.05) is 74.1 Å². The Labute approximate surface area is 179 Å². The van der Waals surface area contributed by atoms with Gasteiger partial charge >= 0.3 is 0 Å². The number of para-hydroxylation sites is 1. The molecule has 2 heterocycles. The first-order valence-corrected chi connectivity index (χ1v) is 10.8. The van der Waals surface area contributed by atoms with Crippen molar-refractivity contribution < 1.29 is 0 Å². The normalized spacial score (nSPS) is 12.4. The lowest BCUT2D eigenvalue weighted by Gasteiger charge is -2.12.